The van der Waals surface area contributed by atoms with Gasteiger partial charge in [0, 0.05) is 13.1 Å². The number of nitrogens with zero attached hydrogens (tertiary/aromatic N) is 1. The van der Waals surface area contributed by atoms with Gasteiger partial charge < -0.3 is 9.47 Å². The molecule has 0 bridgehead atoms. The van der Waals surface area contributed by atoms with Gasteiger partial charge in [-0.2, -0.15) is 48.3 Å². The minimum Gasteiger partial charge on any atom is -0.423 e. The van der Waals surface area contributed by atoms with Crippen molar-refractivity contribution in [2.24, 2.45) is 0 Å². The van der Waals surface area contributed by atoms with E-state index in [1.807, 2.05) is 6.58 Å². The van der Waals surface area contributed by atoms with Gasteiger partial charge in [0.2, 0.25) is 0 Å². The lowest BCUT2D eigenvalue weighted by Gasteiger charge is -2.41. The molecule has 0 aromatic heterocycles. The lowest BCUT2D eigenvalue weighted by molar-refractivity contribution is -0.442. The maximum absolute atomic E-state index is 13.7. The molecule has 1 rings (SSSR count). The molecular weight excluding hydrogens is 387 g/mol. The molecule has 0 aliphatic carbocycles. The molecule has 1 fully saturated rings. The molecule has 0 spiro atoms. The fourth-order valence-electron chi connectivity index (χ4n) is 1.69. The number of hydrogen-bond acceptors (Lipinski definition) is 3. The second-order valence-corrected chi connectivity index (χ2v) is 4.83. The number of halogens is 11. The number of rotatable bonds is 6. The van der Waals surface area contributed by atoms with Crippen LogP contribution in [0.3, 0.4) is 0 Å². The van der Waals surface area contributed by atoms with Crippen LogP contribution in [0.2, 0.25) is 0 Å². The predicted molar refractivity (Wildman–Crippen MR) is 58.5 cm³/mol. The summed E-state index contributed by atoms with van der Waals surface area (Å²) in [5.41, 5.74) is 0. The normalized spacial score (nSPS) is 19.0. The third-order valence-corrected chi connectivity index (χ3v) is 3.11. The van der Waals surface area contributed by atoms with E-state index in [9.17, 15) is 48.3 Å². The molecule has 0 saturated carbocycles. The van der Waals surface area contributed by atoms with Gasteiger partial charge in [0.25, 0.3) is 0 Å². The van der Waals surface area contributed by atoms with Gasteiger partial charge in [0.1, 0.15) is 0 Å². The van der Waals surface area contributed by atoms with Gasteiger partial charge in [-0.3, -0.25) is 0 Å². The summed E-state index contributed by atoms with van der Waals surface area (Å²) < 4.78 is 151. The second-order valence-electron chi connectivity index (χ2n) is 4.83. The Morgan fingerprint density at radius 1 is 0.800 bits per heavy atom. The predicted octanol–water partition coefficient (Wildman–Crippen LogP) is 3.87. The maximum atomic E-state index is 13.7. The van der Waals surface area contributed by atoms with Crippen LogP contribution in [0.5, 0.6) is 0 Å². The Morgan fingerprint density at radius 3 is 1.64 bits per heavy atom. The standard InChI is InChI=1S/C11H10F11NO2/c1-6(7(12,13)14)25-11(21,22)9(17,18)8(15,16)10(19,20)23-2-4-24-5-3-23/h1-5H2. The van der Waals surface area contributed by atoms with Crippen LogP contribution in [0.4, 0.5) is 48.3 Å². The molecule has 0 aromatic rings. The first kappa shape index (κ1) is 21.7. The highest BCUT2D eigenvalue weighted by atomic mass is 19.4. The molecule has 148 valence electrons. The van der Waals surface area contributed by atoms with Gasteiger partial charge in [-0.25, -0.2) is 4.90 Å². The van der Waals surface area contributed by atoms with E-state index in [-0.39, 0.29) is 0 Å². The van der Waals surface area contributed by atoms with Crippen molar-refractivity contribution in [3.05, 3.63) is 12.3 Å². The third-order valence-electron chi connectivity index (χ3n) is 3.11. The first-order chi connectivity index (χ1) is 11.0. The van der Waals surface area contributed by atoms with Gasteiger partial charge in [0.05, 0.1) is 13.2 Å². The Labute approximate surface area is 133 Å². The molecule has 14 heteroatoms. The summed E-state index contributed by atoms with van der Waals surface area (Å²) in [6.45, 7) is -1.31. The molecular formula is C11H10F11NO2. The van der Waals surface area contributed by atoms with Crippen molar-refractivity contribution in [3.8, 4) is 0 Å². The van der Waals surface area contributed by atoms with Crippen LogP contribution in [0, 0.1) is 0 Å². The van der Waals surface area contributed by atoms with Crippen LogP contribution in [0.15, 0.2) is 12.3 Å². The molecule has 0 N–H and O–H groups in total. The van der Waals surface area contributed by atoms with Gasteiger partial charge >= 0.3 is 30.2 Å². The fourth-order valence-corrected chi connectivity index (χ4v) is 1.69. The maximum Gasteiger partial charge on any atom is 0.471 e. The molecule has 1 aliphatic rings. The fraction of sp³-hybridized carbons (Fsp3) is 0.818. The molecule has 0 unspecified atom stereocenters. The highest BCUT2D eigenvalue weighted by molar-refractivity contribution is 5.03. The third kappa shape index (κ3) is 3.78. The molecule has 1 saturated heterocycles. The lowest BCUT2D eigenvalue weighted by Crippen LogP contribution is -2.68. The zero-order valence-corrected chi connectivity index (χ0v) is 12.0. The Kier molecular flexibility index (Phi) is 5.60. The summed E-state index contributed by atoms with van der Waals surface area (Å²) in [4.78, 5) is -0.543. The molecule has 1 aliphatic heterocycles. The Balaban J connectivity index is 3.16. The number of morpholine rings is 1. The molecule has 0 radical (unpaired) electrons. The summed E-state index contributed by atoms with van der Waals surface area (Å²) in [6, 6.07) is -5.83. The van der Waals surface area contributed by atoms with E-state index in [0.717, 1.165) is 0 Å². The van der Waals surface area contributed by atoms with E-state index in [2.05, 4.69) is 9.47 Å². The van der Waals surface area contributed by atoms with Crippen LogP contribution in [0.25, 0.3) is 0 Å². The van der Waals surface area contributed by atoms with Crippen molar-refractivity contribution in [3.63, 3.8) is 0 Å². The molecule has 3 nitrogen and oxygen atoms in total. The topological polar surface area (TPSA) is 21.7 Å². The number of alkyl halides is 11. The number of ether oxygens (including phenoxy) is 2. The van der Waals surface area contributed by atoms with Crippen LogP contribution in [-0.2, 0) is 9.47 Å². The largest absolute Gasteiger partial charge is 0.471 e. The molecule has 1 heterocycles. The first-order valence-electron chi connectivity index (χ1n) is 6.27. The van der Waals surface area contributed by atoms with Crippen molar-refractivity contribution >= 4 is 0 Å². The lowest BCUT2D eigenvalue weighted by atomic mass is 10.1. The molecule has 0 amide bonds. The Morgan fingerprint density at radius 2 is 1.24 bits per heavy atom. The summed E-state index contributed by atoms with van der Waals surface area (Å²) in [5, 5.41) is 0. The van der Waals surface area contributed by atoms with Crippen LogP contribution >= 0.6 is 0 Å². The van der Waals surface area contributed by atoms with E-state index in [4.69, 9.17) is 0 Å². The second kappa shape index (κ2) is 6.45. The van der Waals surface area contributed by atoms with Crippen LogP contribution < -0.4 is 0 Å². The molecule has 0 aromatic carbocycles. The smallest absolute Gasteiger partial charge is 0.423 e. The minimum atomic E-state index is -7.00. The highest BCUT2D eigenvalue weighted by Gasteiger charge is 2.84. The van der Waals surface area contributed by atoms with Crippen molar-refractivity contribution in [1.29, 1.82) is 0 Å². The van der Waals surface area contributed by atoms with E-state index in [1.54, 1.807) is 0 Å². The van der Waals surface area contributed by atoms with Crippen molar-refractivity contribution in [2.45, 2.75) is 30.2 Å². The zero-order valence-electron chi connectivity index (χ0n) is 12.0. The molecule has 25 heavy (non-hydrogen) atoms. The summed E-state index contributed by atoms with van der Waals surface area (Å²) in [6.07, 6.45) is -12.4. The van der Waals surface area contributed by atoms with Crippen LogP contribution in [-0.4, -0.2) is 61.4 Å². The Hall–Kier alpha value is -1.31. The zero-order chi connectivity index (χ0) is 19.9. The van der Waals surface area contributed by atoms with E-state index in [1.165, 1.54) is 0 Å². The van der Waals surface area contributed by atoms with Gasteiger partial charge in [0.15, 0.2) is 5.76 Å². The molecule has 0 atom stereocenters. The number of allylic oxidation sites excluding steroid dienone is 1. The van der Waals surface area contributed by atoms with E-state index in [0.29, 0.717) is 0 Å². The van der Waals surface area contributed by atoms with E-state index < -0.39 is 67.1 Å². The number of hydrogen-bond donors (Lipinski definition) is 0. The van der Waals surface area contributed by atoms with Crippen molar-refractivity contribution in [1.82, 2.24) is 4.90 Å². The monoisotopic (exact) mass is 397 g/mol. The van der Waals surface area contributed by atoms with Gasteiger partial charge in [-0.15, -0.1) is 0 Å². The first-order valence-corrected chi connectivity index (χ1v) is 6.27. The average Bonchev–Trinajstić information content (AvgIpc) is 2.46. The highest BCUT2D eigenvalue weighted by Crippen LogP contribution is 2.54. The van der Waals surface area contributed by atoms with Crippen molar-refractivity contribution < 1.29 is 57.8 Å². The van der Waals surface area contributed by atoms with Crippen molar-refractivity contribution in [2.75, 3.05) is 26.3 Å². The van der Waals surface area contributed by atoms with Gasteiger partial charge in [-0.1, -0.05) is 6.58 Å². The van der Waals surface area contributed by atoms with Crippen LogP contribution in [0.1, 0.15) is 0 Å². The quantitative estimate of drug-likeness (QED) is 0.386. The summed E-state index contributed by atoms with van der Waals surface area (Å²) in [5.74, 6) is -16.7. The van der Waals surface area contributed by atoms with E-state index >= 15 is 0 Å². The Bertz CT molecular complexity index is 497. The average molecular weight is 397 g/mol. The SMILES string of the molecule is C=C(OC(F)(F)C(F)(F)C(F)(F)C(F)(F)N1CCOCC1)C(F)(F)F. The summed E-state index contributed by atoms with van der Waals surface area (Å²) >= 11 is 0. The minimum absolute atomic E-state index is 0.543. The van der Waals surface area contributed by atoms with Gasteiger partial charge in [-0.05, 0) is 0 Å². The summed E-state index contributed by atoms with van der Waals surface area (Å²) in [7, 11) is 0.